The van der Waals surface area contributed by atoms with Crippen LogP contribution < -0.4 is 11.1 Å². The predicted molar refractivity (Wildman–Crippen MR) is 81.3 cm³/mol. The number of H-pyrrole nitrogens is 1. The van der Waals surface area contributed by atoms with Crippen LogP contribution in [0.5, 0.6) is 0 Å². The summed E-state index contributed by atoms with van der Waals surface area (Å²) in [5, 5.41) is 4.28. The molecule has 20 heavy (non-hydrogen) atoms. The van der Waals surface area contributed by atoms with Gasteiger partial charge in [-0.2, -0.15) is 0 Å². The molecule has 3 rings (SSSR count). The molecule has 1 aromatic heterocycles. The van der Waals surface area contributed by atoms with Gasteiger partial charge in [-0.15, -0.1) is 0 Å². The van der Waals surface area contributed by atoms with Crippen LogP contribution >= 0.6 is 0 Å². The highest BCUT2D eigenvalue weighted by Gasteiger charge is 2.03. The second kappa shape index (κ2) is 5.25. The first kappa shape index (κ1) is 12.5. The number of nitrogen functional groups attached to an aromatic ring is 1. The Labute approximate surface area is 116 Å². The van der Waals surface area contributed by atoms with Gasteiger partial charge >= 0.3 is 0 Å². The van der Waals surface area contributed by atoms with Crippen LogP contribution in [0, 0.1) is 5.82 Å². The van der Waals surface area contributed by atoms with Crippen LogP contribution in [-0.4, -0.2) is 11.5 Å². The van der Waals surface area contributed by atoms with E-state index in [2.05, 4.69) is 22.4 Å². The number of aromatic amines is 1. The maximum absolute atomic E-state index is 13.6. The van der Waals surface area contributed by atoms with Crippen LogP contribution in [0.15, 0.2) is 48.5 Å². The first-order valence-corrected chi connectivity index (χ1v) is 6.58. The zero-order valence-corrected chi connectivity index (χ0v) is 11.0. The number of hydrogen-bond acceptors (Lipinski definition) is 2. The third kappa shape index (κ3) is 2.59. The summed E-state index contributed by atoms with van der Waals surface area (Å²) < 4.78 is 13.6. The summed E-state index contributed by atoms with van der Waals surface area (Å²) in [4.78, 5) is 3.35. The Morgan fingerprint density at radius 1 is 1.10 bits per heavy atom. The van der Waals surface area contributed by atoms with Gasteiger partial charge in [-0.05, 0) is 35.7 Å². The smallest absolute Gasteiger partial charge is 0.148 e. The van der Waals surface area contributed by atoms with Gasteiger partial charge < -0.3 is 16.0 Å². The fraction of sp³-hybridized carbons (Fsp3) is 0.125. The first-order chi connectivity index (χ1) is 9.72. The number of anilines is 2. The lowest BCUT2D eigenvalue weighted by atomic mass is 10.2. The summed E-state index contributed by atoms with van der Waals surface area (Å²) in [7, 11) is 0. The van der Waals surface area contributed by atoms with Crippen molar-refractivity contribution in [3.8, 4) is 0 Å². The Bertz CT molecular complexity index is 700. The molecule has 0 amide bonds. The second-order valence-corrected chi connectivity index (χ2v) is 4.80. The van der Waals surface area contributed by atoms with E-state index < -0.39 is 0 Å². The number of aromatic nitrogens is 1. The SMILES string of the molecule is Nc1ccc(NCCc2cc3ccccc3[nH]2)c(F)c1. The standard InChI is InChI=1S/C16H16FN3/c17-14-10-12(18)5-6-16(14)19-8-7-13-9-11-3-1-2-4-15(11)20-13/h1-6,9-10,19-20H,7-8,18H2. The molecule has 2 aromatic carbocycles. The van der Waals surface area contributed by atoms with Gasteiger partial charge in [0.2, 0.25) is 0 Å². The molecule has 0 aliphatic heterocycles. The van der Waals surface area contributed by atoms with Crippen LogP contribution in [-0.2, 0) is 6.42 Å². The molecule has 0 spiro atoms. The molecule has 0 saturated carbocycles. The Kier molecular flexibility index (Phi) is 3.29. The van der Waals surface area contributed by atoms with Crippen molar-refractivity contribution < 1.29 is 4.39 Å². The summed E-state index contributed by atoms with van der Waals surface area (Å²) in [6.07, 6.45) is 0.804. The fourth-order valence-corrected chi connectivity index (χ4v) is 2.27. The predicted octanol–water partition coefficient (Wildman–Crippen LogP) is 3.54. The highest BCUT2D eigenvalue weighted by atomic mass is 19.1. The molecule has 4 heteroatoms. The highest BCUT2D eigenvalue weighted by Crippen LogP contribution is 2.18. The van der Waals surface area contributed by atoms with E-state index in [0.717, 1.165) is 17.6 Å². The molecule has 3 aromatic rings. The topological polar surface area (TPSA) is 53.8 Å². The van der Waals surface area contributed by atoms with Gasteiger partial charge in [0.15, 0.2) is 0 Å². The molecule has 102 valence electrons. The maximum Gasteiger partial charge on any atom is 0.148 e. The minimum atomic E-state index is -0.318. The summed E-state index contributed by atoms with van der Waals surface area (Å²) >= 11 is 0. The summed E-state index contributed by atoms with van der Waals surface area (Å²) in [6.45, 7) is 0.660. The van der Waals surface area contributed by atoms with E-state index in [1.807, 2.05) is 18.2 Å². The molecule has 0 radical (unpaired) electrons. The van der Waals surface area contributed by atoms with Crippen molar-refractivity contribution in [1.82, 2.24) is 4.98 Å². The van der Waals surface area contributed by atoms with Crippen molar-refractivity contribution >= 4 is 22.3 Å². The zero-order chi connectivity index (χ0) is 13.9. The molecule has 3 nitrogen and oxygen atoms in total. The minimum Gasteiger partial charge on any atom is -0.399 e. The number of hydrogen-bond donors (Lipinski definition) is 3. The van der Waals surface area contributed by atoms with Crippen LogP contribution in [0.3, 0.4) is 0 Å². The molecule has 0 saturated heterocycles. The lowest BCUT2D eigenvalue weighted by Gasteiger charge is -2.07. The van der Waals surface area contributed by atoms with Gasteiger partial charge in [0, 0.05) is 29.9 Å². The number of benzene rings is 2. The highest BCUT2D eigenvalue weighted by molar-refractivity contribution is 5.80. The number of fused-ring (bicyclic) bond motifs is 1. The maximum atomic E-state index is 13.6. The quantitative estimate of drug-likeness (QED) is 0.634. The van der Waals surface area contributed by atoms with Gasteiger partial charge in [-0.25, -0.2) is 4.39 Å². The molecule has 0 bridgehead atoms. The van der Waals surface area contributed by atoms with E-state index in [-0.39, 0.29) is 5.82 Å². The van der Waals surface area contributed by atoms with Gasteiger partial charge in [-0.3, -0.25) is 0 Å². The molecule has 0 aliphatic carbocycles. The molecular formula is C16H16FN3. The average molecular weight is 269 g/mol. The number of nitrogens with one attached hydrogen (secondary N) is 2. The minimum absolute atomic E-state index is 0.318. The first-order valence-electron chi connectivity index (χ1n) is 6.58. The number of para-hydroxylation sites is 1. The zero-order valence-electron chi connectivity index (χ0n) is 11.0. The lowest BCUT2D eigenvalue weighted by molar-refractivity contribution is 0.630. The van der Waals surface area contributed by atoms with E-state index in [0.29, 0.717) is 17.9 Å². The summed E-state index contributed by atoms with van der Waals surface area (Å²) in [6, 6.07) is 14.9. The van der Waals surface area contributed by atoms with Crippen LogP contribution in [0.1, 0.15) is 5.69 Å². The van der Waals surface area contributed by atoms with Crippen molar-refractivity contribution in [3.63, 3.8) is 0 Å². The van der Waals surface area contributed by atoms with Crippen molar-refractivity contribution in [3.05, 3.63) is 60.0 Å². The van der Waals surface area contributed by atoms with E-state index in [4.69, 9.17) is 5.73 Å². The molecule has 0 atom stereocenters. The fourth-order valence-electron chi connectivity index (χ4n) is 2.27. The molecule has 0 unspecified atom stereocenters. The summed E-state index contributed by atoms with van der Waals surface area (Å²) in [5.74, 6) is -0.318. The van der Waals surface area contributed by atoms with E-state index in [1.165, 1.54) is 11.5 Å². The van der Waals surface area contributed by atoms with Gasteiger partial charge in [0.25, 0.3) is 0 Å². The van der Waals surface area contributed by atoms with Crippen molar-refractivity contribution in [1.29, 1.82) is 0 Å². The lowest BCUT2D eigenvalue weighted by Crippen LogP contribution is -2.06. The Morgan fingerprint density at radius 2 is 1.95 bits per heavy atom. The van der Waals surface area contributed by atoms with Crippen molar-refractivity contribution in [2.45, 2.75) is 6.42 Å². The van der Waals surface area contributed by atoms with Crippen LogP contribution in [0.2, 0.25) is 0 Å². The van der Waals surface area contributed by atoms with Gasteiger partial charge in [0.1, 0.15) is 5.82 Å². The summed E-state index contributed by atoms with van der Waals surface area (Å²) in [5.41, 5.74) is 8.69. The van der Waals surface area contributed by atoms with Gasteiger partial charge in [-0.1, -0.05) is 18.2 Å². The number of halogens is 1. The van der Waals surface area contributed by atoms with E-state index >= 15 is 0 Å². The second-order valence-electron chi connectivity index (χ2n) is 4.80. The molecule has 4 N–H and O–H groups in total. The molecule has 1 heterocycles. The normalized spacial score (nSPS) is 10.8. The van der Waals surface area contributed by atoms with Crippen LogP contribution in [0.25, 0.3) is 10.9 Å². The molecule has 0 aliphatic rings. The van der Waals surface area contributed by atoms with Crippen LogP contribution in [0.4, 0.5) is 15.8 Å². The Balaban J connectivity index is 1.64. The average Bonchev–Trinajstić information content (AvgIpc) is 2.84. The third-order valence-corrected chi connectivity index (χ3v) is 3.29. The third-order valence-electron chi connectivity index (χ3n) is 3.29. The number of rotatable bonds is 4. The molecule has 0 fully saturated rings. The number of nitrogens with two attached hydrogens (primary N) is 1. The van der Waals surface area contributed by atoms with Crippen molar-refractivity contribution in [2.75, 3.05) is 17.6 Å². The van der Waals surface area contributed by atoms with E-state index in [9.17, 15) is 4.39 Å². The Morgan fingerprint density at radius 3 is 2.75 bits per heavy atom. The van der Waals surface area contributed by atoms with Crippen molar-refractivity contribution in [2.24, 2.45) is 0 Å². The largest absolute Gasteiger partial charge is 0.399 e. The Hall–Kier alpha value is -2.49. The van der Waals surface area contributed by atoms with E-state index in [1.54, 1.807) is 12.1 Å². The molecular weight excluding hydrogens is 253 g/mol. The van der Waals surface area contributed by atoms with Gasteiger partial charge in [0.05, 0.1) is 5.69 Å². The monoisotopic (exact) mass is 269 g/mol.